The summed E-state index contributed by atoms with van der Waals surface area (Å²) in [6.07, 6.45) is 1.61. The van der Waals surface area contributed by atoms with Crippen molar-refractivity contribution in [2.24, 2.45) is 5.73 Å². The second-order valence-corrected chi connectivity index (χ2v) is 4.44. The molecular weight excluding hydrogens is 296 g/mol. The lowest BCUT2D eigenvalue weighted by atomic mass is 10.1. The lowest BCUT2D eigenvalue weighted by Gasteiger charge is -2.08. The number of rotatable bonds is 4. The molecule has 2 rings (SSSR count). The van der Waals surface area contributed by atoms with Gasteiger partial charge >= 0.3 is 0 Å². The van der Waals surface area contributed by atoms with E-state index >= 15 is 0 Å². The van der Waals surface area contributed by atoms with E-state index in [0.29, 0.717) is 11.3 Å². The van der Waals surface area contributed by atoms with Crippen LogP contribution in [0.15, 0.2) is 47.2 Å². The van der Waals surface area contributed by atoms with Crippen LogP contribution in [0.3, 0.4) is 0 Å². The van der Waals surface area contributed by atoms with Gasteiger partial charge in [0.2, 0.25) is 5.91 Å². The lowest BCUT2D eigenvalue weighted by molar-refractivity contribution is 0.0998. The van der Waals surface area contributed by atoms with Crippen molar-refractivity contribution >= 4 is 21.8 Å². The molecule has 0 radical (unpaired) electrons. The Morgan fingerprint density at radius 2 is 2.06 bits per heavy atom. The summed E-state index contributed by atoms with van der Waals surface area (Å²) in [6, 6.07) is 10.7. The molecule has 0 saturated heterocycles. The van der Waals surface area contributed by atoms with Gasteiger partial charge in [-0.25, -0.2) is 4.98 Å². The minimum absolute atomic E-state index is 0.280. The molecule has 5 heteroatoms. The number of pyridine rings is 1. The molecule has 0 atom stereocenters. The molecule has 0 spiro atoms. The van der Waals surface area contributed by atoms with E-state index in [1.54, 1.807) is 30.5 Å². The van der Waals surface area contributed by atoms with Gasteiger partial charge in [-0.3, -0.25) is 4.79 Å². The fraction of sp³-hybridized carbons (Fsp3) is 0.0769. The largest absolute Gasteiger partial charge is 0.487 e. The number of ether oxygens (including phenoxy) is 1. The molecule has 92 valence electrons. The normalized spacial score (nSPS) is 10.1. The van der Waals surface area contributed by atoms with E-state index in [-0.39, 0.29) is 6.61 Å². The van der Waals surface area contributed by atoms with Crippen molar-refractivity contribution in [3.8, 4) is 5.75 Å². The molecule has 0 unspecified atom stereocenters. The zero-order valence-electron chi connectivity index (χ0n) is 9.47. The van der Waals surface area contributed by atoms with Gasteiger partial charge in [0, 0.05) is 11.1 Å². The van der Waals surface area contributed by atoms with Crippen molar-refractivity contribution in [1.29, 1.82) is 0 Å². The second-order valence-electron chi connectivity index (χ2n) is 3.63. The van der Waals surface area contributed by atoms with Crippen LogP contribution >= 0.6 is 15.9 Å². The predicted molar refractivity (Wildman–Crippen MR) is 71.2 cm³/mol. The molecule has 1 aromatic heterocycles. The third-order valence-corrected chi connectivity index (χ3v) is 2.85. The first kappa shape index (κ1) is 12.6. The second kappa shape index (κ2) is 5.64. The van der Waals surface area contributed by atoms with Crippen LogP contribution in [0, 0.1) is 0 Å². The van der Waals surface area contributed by atoms with Crippen LogP contribution in [-0.4, -0.2) is 10.9 Å². The van der Waals surface area contributed by atoms with E-state index in [0.717, 1.165) is 10.2 Å². The van der Waals surface area contributed by atoms with Crippen molar-refractivity contribution in [3.63, 3.8) is 0 Å². The van der Waals surface area contributed by atoms with Crippen LogP contribution in [0.4, 0.5) is 0 Å². The molecule has 0 aliphatic carbocycles. The van der Waals surface area contributed by atoms with Gasteiger partial charge in [-0.1, -0.05) is 18.2 Å². The van der Waals surface area contributed by atoms with E-state index in [2.05, 4.69) is 20.9 Å². The Hall–Kier alpha value is -1.88. The smallest absolute Gasteiger partial charge is 0.249 e. The van der Waals surface area contributed by atoms with Gasteiger partial charge < -0.3 is 10.5 Å². The molecule has 4 nitrogen and oxygen atoms in total. The Morgan fingerprint density at radius 3 is 2.72 bits per heavy atom. The van der Waals surface area contributed by atoms with E-state index in [9.17, 15) is 4.79 Å². The quantitative estimate of drug-likeness (QED) is 0.883. The number of nitrogens with two attached hydrogens (primary N) is 1. The van der Waals surface area contributed by atoms with E-state index in [1.165, 1.54) is 0 Å². The number of carbonyl (C=O) groups is 1. The lowest BCUT2D eigenvalue weighted by Crippen LogP contribution is -2.14. The first-order chi connectivity index (χ1) is 8.66. The van der Waals surface area contributed by atoms with E-state index in [1.807, 2.05) is 12.1 Å². The van der Waals surface area contributed by atoms with Crippen LogP contribution in [0.25, 0.3) is 0 Å². The highest BCUT2D eigenvalue weighted by Crippen LogP contribution is 2.16. The van der Waals surface area contributed by atoms with Crippen LogP contribution < -0.4 is 10.5 Å². The summed E-state index contributed by atoms with van der Waals surface area (Å²) in [4.78, 5) is 15.3. The van der Waals surface area contributed by atoms with Crippen molar-refractivity contribution in [2.75, 3.05) is 0 Å². The van der Waals surface area contributed by atoms with Crippen LogP contribution in [0.2, 0.25) is 0 Å². The molecule has 1 amide bonds. The molecule has 0 aliphatic heterocycles. The summed E-state index contributed by atoms with van der Waals surface area (Å²) in [5, 5.41) is 0. The molecule has 18 heavy (non-hydrogen) atoms. The van der Waals surface area contributed by atoms with Gasteiger partial charge in [-0.05, 0) is 34.1 Å². The summed E-state index contributed by atoms with van der Waals surface area (Å²) in [7, 11) is 0. The third-order valence-electron chi connectivity index (χ3n) is 2.38. The Bertz CT molecular complexity index is 555. The maximum atomic E-state index is 11.2. The Labute approximate surface area is 113 Å². The number of halogens is 1. The molecule has 1 aromatic carbocycles. The van der Waals surface area contributed by atoms with Crippen molar-refractivity contribution < 1.29 is 9.53 Å². The number of hydrogen-bond acceptors (Lipinski definition) is 3. The molecule has 0 bridgehead atoms. The molecule has 0 saturated carbocycles. The van der Waals surface area contributed by atoms with E-state index < -0.39 is 5.91 Å². The fourth-order valence-corrected chi connectivity index (χ4v) is 1.73. The Morgan fingerprint density at radius 1 is 1.28 bits per heavy atom. The zero-order chi connectivity index (χ0) is 13.0. The highest BCUT2D eigenvalue weighted by atomic mass is 79.9. The molecule has 0 fully saturated rings. The maximum Gasteiger partial charge on any atom is 0.249 e. The van der Waals surface area contributed by atoms with Gasteiger partial charge in [0.15, 0.2) is 0 Å². The Balaban J connectivity index is 2.10. The number of hydrogen-bond donors (Lipinski definition) is 1. The van der Waals surface area contributed by atoms with Crippen LogP contribution in [0.5, 0.6) is 5.75 Å². The van der Waals surface area contributed by atoms with Gasteiger partial charge in [0.05, 0.1) is 6.20 Å². The minimum Gasteiger partial charge on any atom is -0.487 e. The average Bonchev–Trinajstić information content (AvgIpc) is 2.38. The molecule has 2 aromatic rings. The number of primary amides is 1. The zero-order valence-corrected chi connectivity index (χ0v) is 11.1. The summed E-state index contributed by atoms with van der Waals surface area (Å²) in [6.45, 7) is 0.280. The highest BCUT2D eigenvalue weighted by molar-refractivity contribution is 9.10. The average molecular weight is 307 g/mol. The summed E-state index contributed by atoms with van der Waals surface area (Å²) >= 11 is 3.24. The summed E-state index contributed by atoms with van der Waals surface area (Å²) in [5.74, 6) is 0.181. The fourth-order valence-electron chi connectivity index (χ4n) is 1.50. The third kappa shape index (κ3) is 3.07. The molecule has 1 heterocycles. The summed E-state index contributed by atoms with van der Waals surface area (Å²) < 4.78 is 6.29. The topological polar surface area (TPSA) is 65.2 Å². The van der Waals surface area contributed by atoms with E-state index in [4.69, 9.17) is 10.5 Å². The van der Waals surface area contributed by atoms with Crippen molar-refractivity contribution in [2.45, 2.75) is 6.61 Å². The van der Waals surface area contributed by atoms with Gasteiger partial charge in [0.25, 0.3) is 0 Å². The number of carbonyl (C=O) groups excluding carboxylic acids is 1. The minimum atomic E-state index is -0.455. The number of aromatic nitrogens is 1. The number of benzene rings is 1. The SMILES string of the molecule is NC(=O)c1ccccc1COc1ccc(Br)nc1. The molecule has 2 N–H and O–H groups in total. The van der Waals surface area contributed by atoms with Crippen LogP contribution in [0.1, 0.15) is 15.9 Å². The molecular formula is C13H11BrN2O2. The predicted octanol–water partition coefficient (Wildman–Crippen LogP) is 2.52. The van der Waals surface area contributed by atoms with Gasteiger partial charge in [-0.15, -0.1) is 0 Å². The first-order valence-electron chi connectivity index (χ1n) is 5.29. The highest BCUT2D eigenvalue weighted by Gasteiger charge is 2.07. The first-order valence-corrected chi connectivity index (χ1v) is 6.08. The standard InChI is InChI=1S/C13H11BrN2O2/c14-12-6-5-10(7-16-12)18-8-9-3-1-2-4-11(9)13(15)17/h1-7H,8H2,(H2,15,17). The van der Waals surface area contributed by atoms with Crippen molar-refractivity contribution in [1.82, 2.24) is 4.98 Å². The van der Waals surface area contributed by atoms with Gasteiger partial charge in [-0.2, -0.15) is 0 Å². The monoisotopic (exact) mass is 306 g/mol. The number of amides is 1. The van der Waals surface area contributed by atoms with Gasteiger partial charge in [0.1, 0.15) is 17.0 Å². The van der Waals surface area contributed by atoms with Crippen molar-refractivity contribution in [3.05, 3.63) is 58.3 Å². The summed E-state index contributed by atoms with van der Waals surface area (Å²) in [5.41, 5.74) is 6.52. The number of nitrogens with zero attached hydrogens (tertiary/aromatic N) is 1. The van der Waals surface area contributed by atoms with Crippen LogP contribution in [-0.2, 0) is 6.61 Å². The molecule has 0 aliphatic rings. The Kier molecular flexibility index (Phi) is 3.94. The maximum absolute atomic E-state index is 11.2.